The molecule has 3 N–H and O–H groups in total. The molecule has 2 aromatic carbocycles. The summed E-state index contributed by atoms with van der Waals surface area (Å²) in [5.74, 6) is -0.167. The van der Waals surface area contributed by atoms with Crippen LogP contribution in [0.5, 0.6) is 0 Å². The lowest BCUT2D eigenvalue weighted by molar-refractivity contribution is 0.0453. The number of nitrogens with two attached hydrogens (primary N) is 1. The third-order valence-corrected chi connectivity index (χ3v) is 3.20. The first-order valence-corrected chi connectivity index (χ1v) is 7.60. The molecule has 0 aliphatic heterocycles. The molecule has 122 valence electrons. The zero-order chi connectivity index (χ0) is 16.5. The fourth-order valence-corrected chi connectivity index (χ4v) is 2.03. The molecule has 1 amide bonds. The molecule has 2 rings (SSSR count). The van der Waals surface area contributed by atoms with Crippen molar-refractivity contribution in [3.8, 4) is 0 Å². The standard InChI is InChI=1S/C18H22N2O3/c1-2-22-10-11-23-13-14-4-3-5-17(12-14)20-18(21)15-6-8-16(19)9-7-15/h3-9,12H,2,10-11,13,19H2,1H3,(H,20,21). The molecule has 0 spiro atoms. The van der Waals surface area contributed by atoms with Gasteiger partial charge in [0.15, 0.2) is 0 Å². The lowest BCUT2D eigenvalue weighted by Gasteiger charge is -2.08. The monoisotopic (exact) mass is 314 g/mol. The molecule has 5 nitrogen and oxygen atoms in total. The Kier molecular flexibility index (Phi) is 6.59. The number of nitrogens with one attached hydrogen (secondary N) is 1. The van der Waals surface area contributed by atoms with E-state index in [4.69, 9.17) is 15.2 Å². The number of nitrogen functional groups attached to an aromatic ring is 1. The molecule has 0 bridgehead atoms. The molecule has 2 aromatic rings. The van der Waals surface area contributed by atoms with Crippen molar-refractivity contribution in [1.29, 1.82) is 0 Å². The Balaban J connectivity index is 1.89. The Morgan fingerprint density at radius 1 is 1.09 bits per heavy atom. The third-order valence-electron chi connectivity index (χ3n) is 3.20. The van der Waals surface area contributed by atoms with Gasteiger partial charge in [0, 0.05) is 23.5 Å². The van der Waals surface area contributed by atoms with E-state index in [0.29, 0.717) is 37.7 Å². The molecule has 0 atom stereocenters. The molecule has 0 unspecified atom stereocenters. The average molecular weight is 314 g/mol. The van der Waals surface area contributed by atoms with Crippen molar-refractivity contribution in [1.82, 2.24) is 0 Å². The maximum atomic E-state index is 12.2. The summed E-state index contributed by atoms with van der Waals surface area (Å²) in [7, 11) is 0. The number of anilines is 2. The molecule has 0 radical (unpaired) electrons. The lowest BCUT2D eigenvalue weighted by atomic mass is 10.1. The van der Waals surface area contributed by atoms with Gasteiger partial charge in [-0.3, -0.25) is 4.79 Å². The van der Waals surface area contributed by atoms with E-state index in [1.54, 1.807) is 24.3 Å². The number of carbonyl (C=O) groups is 1. The van der Waals surface area contributed by atoms with Gasteiger partial charge in [-0.1, -0.05) is 12.1 Å². The van der Waals surface area contributed by atoms with Crippen LogP contribution in [0, 0.1) is 0 Å². The van der Waals surface area contributed by atoms with Crippen LogP contribution in [0.2, 0.25) is 0 Å². The van der Waals surface area contributed by atoms with Crippen molar-refractivity contribution in [2.24, 2.45) is 0 Å². The van der Waals surface area contributed by atoms with E-state index >= 15 is 0 Å². The summed E-state index contributed by atoms with van der Waals surface area (Å²) in [5, 5.41) is 2.87. The number of hydrogen-bond donors (Lipinski definition) is 2. The number of amides is 1. The van der Waals surface area contributed by atoms with E-state index in [2.05, 4.69) is 5.32 Å². The molecule has 0 aliphatic carbocycles. The highest BCUT2D eigenvalue weighted by atomic mass is 16.5. The topological polar surface area (TPSA) is 73.6 Å². The molecule has 0 saturated carbocycles. The molecule has 0 heterocycles. The zero-order valence-corrected chi connectivity index (χ0v) is 13.2. The van der Waals surface area contributed by atoms with Crippen molar-refractivity contribution in [3.63, 3.8) is 0 Å². The second-order valence-corrected chi connectivity index (χ2v) is 5.03. The van der Waals surface area contributed by atoms with E-state index in [-0.39, 0.29) is 5.91 Å². The van der Waals surface area contributed by atoms with E-state index in [9.17, 15) is 4.79 Å². The lowest BCUT2D eigenvalue weighted by Crippen LogP contribution is -2.12. The molecule has 0 aromatic heterocycles. The van der Waals surface area contributed by atoms with Gasteiger partial charge in [0.25, 0.3) is 5.91 Å². The van der Waals surface area contributed by atoms with E-state index in [1.165, 1.54) is 0 Å². The van der Waals surface area contributed by atoms with Crippen LogP contribution in [0.4, 0.5) is 11.4 Å². The number of ether oxygens (including phenoxy) is 2. The molecule has 23 heavy (non-hydrogen) atoms. The van der Waals surface area contributed by atoms with Gasteiger partial charge >= 0.3 is 0 Å². The average Bonchev–Trinajstić information content (AvgIpc) is 2.55. The van der Waals surface area contributed by atoms with Gasteiger partial charge in [0.05, 0.1) is 19.8 Å². The van der Waals surface area contributed by atoms with Crippen molar-refractivity contribution in [2.75, 3.05) is 30.9 Å². The Bertz CT molecular complexity index is 626. The minimum Gasteiger partial charge on any atom is -0.399 e. The number of rotatable bonds is 8. The Morgan fingerprint density at radius 2 is 1.83 bits per heavy atom. The summed E-state index contributed by atoms with van der Waals surface area (Å²) in [5.41, 5.74) is 8.55. The predicted molar refractivity (Wildman–Crippen MR) is 91.4 cm³/mol. The van der Waals surface area contributed by atoms with Crippen LogP contribution in [0.25, 0.3) is 0 Å². The van der Waals surface area contributed by atoms with Crippen LogP contribution >= 0.6 is 0 Å². The second-order valence-electron chi connectivity index (χ2n) is 5.03. The molecule has 0 fully saturated rings. The Morgan fingerprint density at radius 3 is 2.57 bits per heavy atom. The first-order valence-electron chi connectivity index (χ1n) is 7.60. The van der Waals surface area contributed by atoms with Gasteiger partial charge in [-0.05, 0) is 48.9 Å². The summed E-state index contributed by atoms with van der Waals surface area (Å²) < 4.78 is 10.7. The number of benzene rings is 2. The fraction of sp³-hybridized carbons (Fsp3) is 0.278. The van der Waals surface area contributed by atoms with Crippen LogP contribution < -0.4 is 11.1 Å². The highest BCUT2D eigenvalue weighted by Gasteiger charge is 2.06. The van der Waals surface area contributed by atoms with Crippen LogP contribution in [0.15, 0.2) is 48.5 Å². The van der Waals surface area contributed by atoms with Crippen molar-refractivity contribution in [3.05, 3.63) is 59.7 Å². The largest absolute Gasteiger partial charge is 0.399 e. The van der Waals surface area contributed by atoms with Gasteiger partial charge in [0.1, 0.15) is 0 Å². The minimum absolute atomic E-state index is 0.167. The van der Waals surface area contributed by atoms with Crippen molar-refractivity contribution >= 4 is 17.3 Å². The quantitative estimate of drug-likeness (QED) is 0.580. The van der Waals surface area contributed by atoms with Gasteiger partial charge in [-0.2, -0.15) is 0 Å². The van der Waals surface area contributed by atoms with Gasteiger partial charge < -0.3 is 20.5 Å². The normalized spacial score (nSPS) is 10.5. The van der Waals surface area contributed by atoms with Crippen LogP contribution in [0.1, 0.15) is 22.8 Å². The highest BCUT2D eigenvalue weighted by Crippen LogP contribution is 2.14. The fourth-order valence-electron chi connectivity index (χ4n) is 2.03. The SMILES string of the molecule is CCOCCOCc1cccc(NC(=O)c2ccc(N)cc2)c1. The van der Waals surface area contributed by atoms with E-state index in [0.717, 1.165) is 11.3 Å². The first kappa shape index (κ1) is 17.0. The van der Waals surface area contributed by atoms with E-state index < -0.39 is 0 Å². The summed E-state index contributed by atoms with van der Waals surface area (Å²) in [6.45, 7) is 4.27. The van der Waals surface area contributed by atoms with Crippen molar-refractivity contribution < 1.29 is 14.3 Å². The Labute approximate surface area is 136 Å². The second kappa shape index (κ2) is 8.92. The first-order chi connectivity index (χ1) is 11.2. The summed E-state index contributed by atoms with van der Waals surface area (Å²) in [4.78, 5) is 12.2. The smallest absolute Gasteiger partial charge is 0.255 e. The predicted octanol–water partition coefficient (Wildman–Crippen LogP) is 3.07. The van der Waals surface area contributed by atoms with Gasteiger partial charge in [-0.15, -0.1) is 0 Å². The molecular formula is C18H22N2O3. The van der Waals surface area contributed by atoms with Crippen LogP contribution in [-0.2, 0) is 16.1 Å². The van der Waals surface area contributed by atoms with Crippen LogP contribution in [0.3, 0.4) is 0 Å². The van der Waals surface area contributed by atoms with Crippen molar-refractivity contribution in [2.45, 2.75) is 13.5 Å². The van der Waals surface area contributed by atoms with E-state index in [1.807, 2.05) is 31.2 Å². The number of carbonyl (C=O) groups excluding carboxylic acids is 1. The van der Waals surface area contributed by atoms with Gasteiger partial charge in [0.2, 0.25) is 0 Å². The minimum atomic E-state index is -0.167. The maximum absolute atomic E-state index is 12.2. The molecule has 0 aliphatic rings. The summed E-state index contributed by atoms with van der Waals surface area (Å²) in [6.07, 6.45) is 0. The molecule has 5 heteroatoms. The molecule has 0 saturated heterocycles. The number of hydrogen-bond acceptors (Lipinski definition) is 4. The Hall–Kier alpha value is -2.37. The highest BCUT2D eigenvalue weighted by molar-refractivity contribution is 6.04. The maximum Gasteiger partial charge on any atom is 0.255 e. The summed E-state index contributed by atoms with van der Waals surface area (Å²) >= 11 is 0. The molecular weight excluding hydrogens is 292 g/mol. The zero-order valence-electron chi connectivity index (χ0n) is 13.2. The van der Waals surface area contributed by atoms with Gasteiger partial charge in [-0.25, -0.2) is 0 Å². The third kappa shape index (κ3) is 5.73. The van der Waals surface area contributed by atoms with Crippen LogP contribution in [-0.4, -0.2) is 25.7 Å². The summed E-state index contributed by atoms with van der Waals surface area (Å²) in [6, 6.07) is 14.4.